The summed E-state index contributed by atoms with van der Waals surface area (Å²) < 4.78 is 0. The summed E-state index contributed by atoms with van der Waals surface area (Å²) in [4.78, 5) is 0. The van der Waals surface area contributed by atoms with Crippen molar-refractivity contribution in [2.24, 2.45) is 0 Å². The van der Waals surface area contributed by atoms with E-state index in [0.717, 1.165) is 0 Å². The first kappa shape index (κ1) is 27.9. The molecule has 1 aliphatic heterocycles. The lowest BCUT2D eigenvalue weighted by atomic mass is 9.97. The summed E-state index contributed by atoms with van der Waals surface area (Å²) >= 11 is 2.01. The summed E-state index contributed by atoms with van der Waals surface area (Å²) in [6, 6.07) is 0. The molecule has 0 radical (unpaired) electrons. The molecule has 1 aliphatic rings. The fourth-order valence-electron chi connectivity index (χ4n) is 4.61. The van der Waals surface area contributed by atoms with Gasteiger partial charge in [0.15, 0.2) is 0 Å². The Morgan fingerprint density at radius 1 is 0.533 bits per heavy atom. The second-order valence-electron chi connectivity index (χ2n) is 9.61. The number of hydrogen-bond acceptors (Lipinski definition) is 1. The minimum absolute atomic E-state index is 1.26. The maximum atomic E-state index is 2.44. The van der Waals surface area contributed by atoms with E-state index < -0.39 is 0 Å². The fourth-order valence-corrected chi connectivity index (χ4v) is 5.50. The molecule has 0 saturated carbocycles. The van der Waals surface area contributed by atoms with Gasteiger partial charge < -0.3 is 0 Å². The van der Waals surface area contributed by atoms with E-state index in [1.54, 1.807) is 11.1 Å². The van der Waals surface area contributed by atoms with Crippen LogP contribution in [-0.2, 0) is 0 Å². The number of rotatable bonds is 22. The monoisotopic (exact) mass is 434 g/mol. The van der Waals surface area contributed by atoms with Gasteiger partial charge >= 0.3 is 0 Å². The number of thioether (sulfide) groups is 1. The molecule has 0 N–H and O–H groups in total. The van der Waals surface area contributed by atoms with E-state index in [-0.39, 0.29) is 0 Å². The van der Waals surface area contributed by atoms with Crippen molar-refractivity contribution in [2.45, 2.75) is 155 Å². The minimum atomic E-state index is 1.26. The molecule has 0 bridgehead atoms. The molecule has 0 aliphatic carbocycles. The zero-order chi connectivity index (χ0) is 21.5. The standard InChI is InChI=1S/C29H54S/c1-3-5-7-9-11-13-15-17-19-21-23-28-25-26-30-27-29(28)24-22-20-18-16-14-12-10-8-6-4-2/h25-26H,3-24,27H2,1-2H3. The van der Waals surface area contributed by atoms with Crippen molar-refractivity contribution in [2.75, 3.05) is 5.75 Å². The van der Waals surface area contributed by atoms with Gasteiger partial charge in [0.2, 0.25) is 0 Å². The van der Waals surface area contributed by atoms with Gasteiger partial charge in [0.25, 0.3) is 0 Å². The molecular weight excluding hydrogens is 380 g/mol. The van der Waals surface area contributed by atoms with E-state index in [9.17, 15) is 0 Å². The molecule has 0 fully saturated rings. The van der Waals surface area contributed by atoms with Crippen molar-refractivity contribution in [3.63, 3.8) is 0 Å². The third-order valence-corrected chi connectivity index (χ3v) is 7.55. The highest BCUT2D eigenvalue weighted by Gasteiger charge is 2.08. The van der Waals surface area contributed by atoms with E-state index in [1.165, 1.54) is 147 Å². The summed E-state index contributed by atoms with van der Waals surface area (Å²) in [5.74, 6) is 1.26. The van der Waals surface area contributed by atoms with Gasteiger partial charge in [-0.15, -0.1) is 11.8 Å². The third-order valence-electron chi connectivity index (χ3n) is 6.71. The van der Waals surface area contributed by atoms with Gasteiger partial charge in [0, 0.05) is 5.75 Å². The highest BCUT2D eigenvalue weighted by molar-refractivity contribution is 8.02. The first-order valence-electron chi connectivity index (χ1n) is 13.9. The molecule has 0 atom stereocenters. The van der Waals surface area contributed by atoms with Gasteiger partial charge in [-0.2, -0.15) is 0 Å². The van der Waals surface area contributed by atoms with Crippen molar-refractivity contribution >= 4 is 11.8 Å². The second kappa shape index (κ2) is 22.0. The predicted molar refractivity (Wildman–Crippen MR) is 142 cm³/mol. The van der Waals surface area contributed by atoms with Crippen molar-refractivity contribution < 1.29 is 0 Å². The summed E-state index contributed by atoms with van der Waals surface area (Å²) in [6.07, 6.45) is 34.0. The van der Waals surface area contributed by atoms with E-state index in [1.807, 2.05) is 11.8 Å². The Morgan fingerprint density at radius 3 is 1.40 bits per heavy atom. The molecule has 0 spiro atoms. The molecule has 0 aromatic heterocycles. The first-order valence-corrected chi connectivity index (χ1v) is 14.9. The number of allylic oxidation sites excluding steroid dienone is 2. The molecule has 0 nitrogen and oxygen atoms in total. The van der Waals surface area contributed by atoms with Gasteiger partial charge in [0.1, 0.15) is 0 Å². The molecule has 176 valence electrons. The highest BCUT2D eigenvalue weighted by Crippen LogP contribution is 2.29. The summed E-state index contributed by atoms with van der Waals surface area (Å²) in [5, 5.41) is 2.34. The molecule has 30 heavy (non-hydrogen) atoms. The number of unbranched alkanes of at least 4 members (excludes halogenated alkanes) is 18. The van der Waals surface area contributed by atoms with Crippen LogP contribution in [0.1, 0.15) is 155 Å². The van der Waals surface area contributed by atoms with Crippen LogP contribution in [0.4, 0.5) is 0 Å². The van der Waals surface area contributed by atoms with Gasteiger partial charge in [0.05, 0.1) is 0 Å². The molecule has 0 saturated heterocycles. The Kier molecular flexibility index (Phi) is 20.5. The van der Waals surface area contributed by atoms with Crippen molar-refractivity contribution in [1.82, 2.24) is 0 Å². The Hall–Kier alpha value is -0.170. The largest absolute Gasteiger partial charge is 0.130 e. The predicted octanol–water partition coefficient (Wildman–Crippen LogP) is 11.2. The third kappa shape index (κ3) is 16.5. The average molecular weight is 435 g/mol. The SMILES string of the molecule is CCCCCCCCCCCCC1=C(CCCCCCCCCCCC)CSC=C1. The van der Waals surface area contributed by atoms with Crippen molar-refractivity contribution in [1.29, 1.82) is 0 Å². The quantitative estimate of drug-likeness (QED) is 0.153. The minimum Gasteiger partial charge on any atom is -0.130 e. The molecule has 0 unspecified atom stereocenters. The lowest BCUT2D eigenvalue weighted by molar-refractivity contribution is 0.553. The van der Waals surface area contributed by atoms with Crippen LogP contribution in [0.15, 0.2) is 22.6 Å². The van der Waals surface area contributed by atoms with Crippen LogP contribution in [-0.4, -0.2) is 5.75 Å². The van der Waals surface area contributed by atoms with E-state index in [2.05, 4.69) is 25.3 Å². The summed E-state index contributed by atoms with van der Waals surface area (Å²) in [6.45, 7) is 4.61. The Labute approximate surface area is 195 Å². The molecular formula is C29H54S. The second-order valence-corrected chi connectivity index (χ2v) is 10.5. The maximum absolute atomic E-state index is 2.44. The van der Waals surface area contributed by atoms with Gasteiger partial charge in [-0.3, -0.25) is 0 Å². The van der Waals surface area contributed by atoms with Crippen molar-refractivity contribution in [3.05, 3.63) is 22.6 Å². The fraction of sp³-hybridized carbons (Fsp3) is 0.862. The molecule has 1 heterocycles. The summed E-state index contributed by atoms with van der Waals surface area (Å²) in [7, 11) is 0. The Bertz CT molecular complexity index is 420. The van der Waals surface area contributed by atoms with E-state index >= 15 is 0 Å². The number of hydrogen-bond donors (Lipinski definition) is 0. The Morgan fingerprint density at radius 2 is 0.933 bits per heavy atom. The van der Waals surface area contributed by atoms with Gasteiger partial charge in [-0.05, 0) is 36.7 Å². The topological polar surface area (TPSA) is 0 Å². The zero-order valence-corrected chi connectivity index (χ0v) is 21.6. The first-order chi connectivity index (χ1) is 14.9. The molecule has 1 heteroatoms. The summed E-state index contributed by atoms with van der Waals surface area (Å²) in [5.41, 5.74) is 3.47. The lowest BCUT2D eigenvalue weighted by Crippen LogP contribution is -1.98. The molecule has 0 aromatic carbocycles. The molecule has 1 rings (SSSR count). The van der Waals surface area contributed by atoms with Crippen molar-refractivity contribution in [3.8, 4) is 0 Å². The normalized spacial score (nSPS) is 14.1. The van der Waals surface area contributed by atoms with E-state index in [4.69, 9.17) is 0 Å². The average Bonchev–Trinajstić information content (AvgIpc) is 2.77. The maximum Gasteiger partial charge on any atom is 0.0190 e. The van der Waals surface area contributed by atoms with Crippen LogP contribution in [0, 0.1) is 0 Å². The van der Waals surface area contributed by atoms with Gasteiger partial charge in [-0.25, -0.2) is 0 Å². The van der Waals surface area contributed by atoms with Crippen LogP contribution >= 0.6 is 11.8 Å². The van der Waals surface area contributed by atoms with Gasteiger partial charge in [-0.1, -0.05) is 141 Å². The van der Waals surface area contributed by atoms with Crippen LogP contribution in [0.2, 0.25) is 0 Å². The lowest BCUT2D eigenvalue weighted by Gasteiger charge is -2.16. The van der Waals surface area contributed by atoms with Crippen LogP contribution in [0.25, 0.3) is 0 Å². The Balaban J connectivity index is 2.02. The van der Waals surface area contributed by atoms with E-state index in [0.29, 0.717) is 0 Å². The molecule has 0 amide bonds. The van der Waals surface area contributed by atoms with Crippen LogP contribution in [0.3, 0.4) is 0 Å². The molecule has 0 aromatic rings. The van der Waals surface area contributed by atoms with Crippen LogP contribution in [0.5, 0.6) is 0 Å². The highest BCUT2D eigenvalue weighted by atomic mass is 32.2. The van der Waals surface area contributed by atoms with Crippen LogP contribution < -0.4 is 0 Å². The zero-order valence-electron chi connectivity index (χ0n) is 20.8. The smallest absolute Gasteiger partial charge is 0.0190 e.